The minimum absolute atomic E-state index is 0.110. The summed E-state index contributed by atoms with van der Waals surface area (Å²) in [6, 6.07) is 1.65. The molecule has 2 rings (SSSR count). The highest BCUT2D eigenvalue weighted by atomic mass is 16.7. The first-order valence-corrected chi connectivity index (χ1v) is 13.2. The van der Waals surface area contributed by atoms with Gasteiger partial charge in [0.1, 0.15) is 6.42 Å². The molecule has 7 nitrogen and oxygen atoms in total. The van der Waals surface area contributed by atoms with Crippen molar-refractivity contribution in [2.75, 3.05) is 14.2 Å². The second kappa shape index (κ2) is 13.6. The van der Waals surface area contributed by atoms with Crippen LogP contribution >= 0.6 is 0 Å². The van der Waals surface area contributed by atoms with E-state index < -0.39 is 24.1 Å². The Kier molecular flexibility index (Phi) is 11.2. The van der Waals surface area contributed by atoms with Crippen LogP contribution < -0.4 is 9.47 Å². The van der Waals surface area contributed by atoms with Gasteiger partial charge in [-0.1, -0.05) is 79.1 Å². The summed E-state index contributed by atoms with van der Waals surface area (Å²) in [6.45, 7) is 8.54. The van der Waals surface area contributed by atoms with Gasteiger partial charge in [0.05, 0.1) is 14.2 Å². The summed E-state index contributed by atoms with van der Waals surface area (Å²) in [5.41, 5.74) is 1.22. The van der Waals surface area contributed by atoms with E-state index in [2.05, 4.69) is 27.7 Å². The van der Waals surface area contributed by atoms with E-state index >= 15 is 0 Å². The van der Waals surface area contributed by atoms with Crippen molar-refractivity contribution in [3.05, 3.63) is 17.2 Å². The van der Waals surface area contributed by atoms with Gasteiger partial charge in [-0.3, -0.25) is 9.59 Å². The lowest BCUT2D eigenvalue weighted by molar-refractivity contribution is -0.256. The van der Waals surface area contributed by atoms with Gasteiger partial charge in [0.25, 0.3) is 5.79 Å². The van der Waals surface area contributed by atoms with Gasteiger partial charge < -0.3 is 24.1 Å². The smallest absolute Gasteiger partial charge is 0.320 e. The van der Waals surface area contributed by atoms with Gasteiger partial charge in [-0.05, 0) is 24.3 Å². The molecule has 1 aromatic rings. The van der Waals surface area contributed by atoms with Crippen molar-refractivity contribution in [3.8, 4) is 17.2 Å². The zero-order valence-corrected chi connectivity index (χ0v) is 22.4. The van der Waals surface area contributed by atoms with Gasteiger partial charge in [-0.25, -0.2) is 0 Å². The summed E-state index contributed by atoms with van der Waals surface area (Å²) in [4.78, 5) is 25.2. The fraction of sp³-hybridized carbons (Fsp3) is 0.714. The normalized spacial score (nSPS) is 16.9. The van der Waals surface area contributed by atoms with Crippen molar-refractivity contribution in [1.29, 1.82) is 0 Å². The number of phenolic OH excluding ortho intramolecular Hbond substituents is 1. The standard InChI is InChI=1S/C28H44O7/c1-7-11-13-19(9-3)15-21-22(16-23(32-5)26(31)27(21)33-6)28(18-20(10-4)14-12-8-2)34-24(29)17-25(30)35-28/h16,19-20,31H,7-15,17-18H2,1-6H3. The third-order valence-electron chi connectivity index (χ3n) is 7.14. The van der Waals surface area contributed by atoms with Gasteiger partial charge in [-0.2, -0.15) is 0 Å². The van der Waals surface area contributed by atoms with E-state index in [0.29, 0.717) is 29.9 Å². The molecule has 0 bridgehead atoms. The molecule has 1 saturated heterocycles. The van der Waals surface area contributed by atoms with Crippen LogP contribution in [0.25, 0.3) is 0 Å². The maximum Gasteiger partial charge on any atom is 0.320 e. The van der Waals surface area contributed by atoms with Crippen LogP contribution in [0.4, 0.5) is 0 Å². The van der Waals surface area contributed by atoms with Crippen LogP contribution in [0.2, 0.25) is 0 Å². The number of benzene rings is 1. The predicted octanol–water partition coefficient (Wildman–Crippen LogP) is 6.42. The van der Waals surface area contributed by atoms with Gasteiger partial charge in [0.2, 0.25) is 5.75 Å². The highest BCUT2D eigenvalue weighted by Crippen LogP contribution is 2.50. The second-order valence-electron chi connectivity index (χ2n) is 9.61. The van der Waals surface area contributed by atoms with Crippen LogP contribution in [0, 0.1) is 11.8 Å². The van der Waals surface area contributed by atoms with Gasteiger partial charge in [0, 0.05) is 17.5 Å². The number of phenols is 1. The molecule has 198 valence electrons. The number of carbonyl (C=O) groups is 2. The molecule has 0 radical (unpaired) electrons. The lowest BCUT2D eigenvalue weighted by Gasteiger charge is -2.40. The monoisotopic (exact) mass is 492 g/mol. The van der Waals surface area contributed by atoms with Crippen LogP contribution in [0.5, 0.6) is 17.2 Å². The first kappa shape index (κ1) is 28.8. The van der Waals surface area contributed by atoms with Crippen LogP contribution in [0.15, 0.2) is 6.07 Å². The quantitative estimate of drug-likeness (QED) is 0.223. The van der Waals surface area contributed by atoms with Crippen LogP contribution in [0.1, 0.15) is 103 Å². The largest absolute Gasteiger partial charge is 0.502 e. The van der Waals surface area contributed by atoms with E-state index in [-0.39, 0.29) is 23.2 Å². The highest BCUT2D eigenvalue weighted by Gasteiger charge is 2.49. The van der Waals surface area contributed by atoms with Crippen molar-refractivity contribution >= 4 is 11.9 Å². The molecule has 1 fully saturated rings. The first-order chi connectivity index (χ1) is 16.8. The molecule has 0 spiro atoms. The number of cyclic esters (lactones) is 2. The zero-order chi connectivity index (χ0) is 26.0. The second-order valence-corrected chi connectivity index (χ2v) is 9.61. The number of ether oxygens (including phenoxy) is 4. The third kappa shape index (κ3) is 7.05. The molecule has 1 aliphatic heterocycles. The molecule has 0 amide bonds. The summed E-state index contributed by atoms with van der Waals surface area (Å²) < 4.78 is 23.0. The number of hydrogen-bond donors (Lipinski definition) is 1. The number of hydrogen-bond acceptors (Lipinski definition) is 7. The summed E-state index contributed by atoms with van der Waals surface area (Å²) in [6.07, 6.45) is 8.51. The fourth-order valence-electron chi connectivity index (χ4n) is 5.02. The van der Waals surface area contributed by atoms with Crippen LogP contribution in [-0.2, 0) is 31.3 Å². The molecule has 1 aromatic carbocycles. The Morgan fingerprint density at radius 1 is 0.943 bits per heavy atom. The lowest BCUT2D eigenvalue weighted by Crippen LogP contribution is -2.45. The average molecular weight is 493 g/mol. The van der Waals surface area contributed by atoms with E-state index in [9.17, 15) is 14.7 Å². The van der Waals surface area contributed by atoms with Crippen molar-refractivity contribution in [2.24, 2.45) is 11.8 Å². The Hall–Kier alpha value is -2.44. The average Bonchev–Trinajstić information content (AvgIpc) is 2.83. The molecule has 7 heteroatoms. The zero-order valence-electron chi connectivity index (χ0n) is 22.4. The molecule has 0 saturated carbocycles. The maximum absolute atomic E-state index is 12.6. The third-order valence-corrected chi connectivity index (χ3v) is 7.14. The molecular weight excluding hydrogens is 448 g/mol. The Morgan fingerprint density at radius 3 is 2.00 bits per heavy atom. The molecule has 1 heterocycles. The topological polar surface area (TPSA) is 91.3 Å². The number of rotatable bonds is 15. The number of esters is 2. The maximum atomic E-state index is 12.6. The number of methoxy groups -OCH3 is 2. The fourth-order valence-corrected chi connectivity index (χ4v) is 5.02. The van der Waals surface area contributed by atoms with Crippen LogP contribution in [0.3, 0.4) is 0 Å². The van der Waals surface area contributed by atoms with E-state index in [4.69, 9.17) is 18.9 Å². The molecule has 0 aromatic heterocycles. The molecule has 1 N–H and O–H groups in total. The molecular formula is C28H44O7. The van der Waals surface area contributed by atoms with Crippen molar-refractivity contribution in [2.45, 2.75) is 104 Å². The van der Waals surface area contributed by atoms with E-state index in [1.165, 1.54) is 14.2 Å². The summed E-state index contributed by atoms with van der Waals surface area (Å²) in [5.74, 6) is -1.97. The molecule has 0 aliphatic carbocycles. The van der Waals surface area contributed by atoms with E-state index in [0.717, 1.165) is 51.4 Å². The molecule has 1 aliphatic rings. The molecule has 35 heavy (non-hydrogen) atoms. The summed E-state index contributed by atoms with van der Waals surface area (Å²) in [7, 11) is 2.95. The minimum atomic E-state index is -1.59. The minimum Gasteiger partial charge on any atom is -0.502 e. The van der Waals surface area contributed by atoms with Crippen molar-refractivity contribution < 1.29 is 33.6 Å². The highest BCUT2D eigenvalue weighted by molar-refractivity contribution is 5.93. The van der Waals surface area contributed by atoms with E-state index in [1.54, 1.807) is 6.07 Å². The number of aromatic hydroxyl groups is 1. The number of carbonyl (C=O) groups excluding carboxylic acids is 2. The Bertz CT molecular complexity index is 832. The van der Waals surface area contributed by atoms with E-state index in [1.807, 2.05) is 0 Å². The van der Waals surface area contributed by atoms with Gasteiger partial charge in [0.15, 0.2) is 11.5 Å². The summed E-state index contributed by atoms with van der Waals surface area (Å²) in [5, 5.41) is 10.9. The lowest BCUT2D eigenvalue weighted by atomic mass is 9.82. The Morgan fingerprint density at radius 2 is 1.51 bits per heavy atom. The van der Waals surface area contributed by atoms with Gasteiger partial charge in [-0.15, -0.1) is 0 Å². The van der Waals surface area contributed by atoms with Crippen molar-refractivity contribution in [1.82, 2.24) is 0 Å². The Balaban J connectivity index is 2.74. The number of unbranched alkanes of at least 4 members (excludes halogenated alkanes) is 2. The first-order valence-electron chi connectivity index (χ1n) is 13.2. The van der Waals surface area contributed by atoms with Gasteiger partial charge >= 0.3 is 11.9 Å². The SMILES string of the molecule is CCCCC(CC)Cc1c(C2(CC(CC)CCCC)OC(=O)CC(=O)O2)cc(OC)c(O)c1OC. The van der Waals surface area contributed by atoms with Crippen molar-refractivity contribution in [3.63, 3.8) is 0 Å². The molecule has 2 unspecified atom stereocenters. The molecule has 2 atom stereocenters. The van der Waals surface area contributed by atoms with Crippen LogP contribution in [-0.4, -0.2) is 31.3 Å². The Labute approximate surface area is 210 Å². The summed E-state index contributed by atoms with van der Waals surface area (Å²) >= 11 is 0. The predicted molar refractivity (Wildman–Crippen MR) is 135 cm³/mol.